The zero-order chi connectivity index (χ0) is 15.6. The molecule has 2 rings (SSSR count). The molecule has 1 saturated heterocycles. The van der Waals surface area contributed by atoms with Gasteiger partial charge in [0.05, 0.1) is 17.4 Å². The third-order valence-electron chi connectivity index (χ3n) is 4.20. The van der Waals surface area contributed by atoms with Gasteiger partial charge in [-0.05, 0) is 24.0 Å². The summed E-state index contributed by atoms with van der Waals surface area (Å²) in [7, 11) is 1.84. The van der Waals surface area contributed by atoms with Gasteiger partial charge in [0, 0.05) is 31.1 Å². The molecule has 0 radical (unpaired) electrons. The Bertz CT molecular complexity index is 503. The number of rotatable bonds is 4. The highest BCUT2D eigenvalue weighted by atomic mass is 35.5. The first-order valence-corrected chi connectivity index (χ1v) is 8.43. The van der Waals surface area contributed by atoms with Gasteiger partial charge < -0.3 is 10.6 Å². The van der Waals surface area contributed by atoms with Crippen molar-refractivity contribution in [3.63, 3.8) is 0 Å². The van der Waals surface area contributed by atoms with Crippen LogP contribution in [0.25, 0.3) is 0 Å². The molecule has 1 aromatic rings. The van der Waals surface area contributed by atoms with Crippen LogP contribution in [0.15, 0.2) is 12.1 Å². The van der Waals surface area contributed by atoms with Crippen LogP contribution in [0.3, 0.4) is 0 Å². The molecule has 1 fully saturated rings. The minimum atomic E-state index is 0.0678. The average molecular weight is 330 g/mol. The van der Waals surface area contributed by atoms with Crippen LogP contribution in [0, 0.1) is 5.41 Å². The molecule has 1 aliphatic heterocycles. The van der Waals surface area contributed by atoms with Crippen LogP contribution in [-0.4, -0.2) is 48.4 Å². The van der Waals surface area contributed by atoms with Crippen LogP contribution in [0.5, 0.6) is 0 Å². The molecule has 1 aromatic heterocycles. The van der Waals surface area contributed by atoms with Crippen molar-refractivity contribution in [1.82, 2.24) is 9.80 Å². The number of halogens is 1. The lowest BCUT2D eigenvalue weighted by molar-refractivity contribution is -0.132. The molecule has 0 spiro atoms. The summed E-state index contributed by atoms with van der Waals surface area (Å²) in [6.45, 7) is 7.20. The van der Waals surface area contributed by atoms with Gasteiger partial charge in [-0.1, -0.05) is 25.4 Å². The third kappa shape index (κ3) is 4.42. The molecular formula is C15H24ClN3OS. The third-order valence-corrected chi connectivity index (χ3v) is 5.41. The minimum absolute atomic E-state index is 0.0678. The van der Waals surface area contributed by atoms with Gasteiger partial charge in [0.25, 0.3) is 0 Å². The van der Waals surface area contributed by atoms with Gasteiger partial charge in [-0.25, -0.2) is 0 Å². The van der Waals surface area contributed by atoms with Crippen LogP contribution in [0.2, 0.25) is 4.34 Å². The fourth-order valence-corrected chi connectivity index (χ4v) is 3.83. The number of hydrogen-bond donors (Lipinski definition) is 1. The fraction of sp³-hybridized carbons (Fsp3) is 0.667. The summed E-state index contributed by atoms with van der Waals surface area (Å²) in [6, 6.07) is 4.06. The first kappa shape index (κ1) is 16.7. The number of likely N-dealkylation sites (N-methyl/N-ethyl adjacent to an activating group) is 1. The van der Waals surface area contributed by atoms with Gasteiger partial charge in [0.15, 0.2) is 0 Å². The van der Waals surface area contributed by atoms with Gasteiger partial charge in [-0.15, -0.1) is 11.3 Å². The van der Waals surface area contributed by atoms with Crippen molar-refractivity contribution in [2.45, 2.75) is 32.9 Å². The molecule has 1 amide bonds. The Hall–Kier alpha value is -0.620. The number of likely N-dealkylation sites (tertiary alicyclic amines) is 1. The molecule has 0 bridgehead atoms. The molecule has 2 N–H and O–H groups in total. The van der Waals surface area contributed by atoms with Gasteiger partial charge in [0.1, 0.15) is 0 Å². The Morgan fingerprint density at radius 1 is 1.57 bits per heavy atom. The van der Waals surface area contributed by atoms with Crippen LogP contribution in [0.1, 0.15) is 25.1 Å². The molecule has 1 unspecified atom stereocenters. The first-order chi connectivity index (χ1) is 9.78. The Labute approximate surface area is 135 Å². The summed E-state index contributed by atoms with van der Waals surface area (Å²) in [4.78, 5) is 17.4. The summed E-state index contributed by atoms with van der Waals surface area (Å²) in [6.07, 6.45) is 0.949. The first-order valence-electron chi connectivity index (χ1n) is 7.24. The average Bonchev–Trinajstić information content (AvgIpc) is 2.79. The van der Waals surface area contributed by atoms with Crippen molar-refractivity contribution >= 4 is 28.8 Å². The lowest BCUT2D eigenvalue weighted by Crippen LogP contribution is -2.54. The van der Waals surface area contributed by atoms with E-state index >= 15 is 0 Å². The predicted octanol–water partition coefficient (Wildman–Crippen LogP) is 2.42. The number of carbonyl (C=O) groups is 1. The standard InChI is InChI=1S/C15H24ClN3OS/c1-15(2)10-19(7-6-12(15)17)9-14(20)18(3)8-11-4-5-13(16)21-11/h4-5,12H,6-10,17H2,1-3H3. The van der Waals surface area contributed by atoms with Crippen molar-refractivity contribution in [3.8, 4) is 0 Å². The quantitative estimate of drug-likeness (QED) is 0.923. The summed E-state index contributed by atoms with van der Waals surface area (Å²) in [5.74, 6) is 0.144. The molecule has 1 aliphatic rings. The van der Waals surface area contributed by atoms with Crippen LogP contribution < -0.4 is 5.73 Å². The second-order valence-electron chi connectivity index (χ2n) is 6.55. The van der Waals surface area contributed by atoms with E-state index in [9.17, 15) is 4.79 Å². The number of amides is 1. The monoisotopic (exact) mass is 329 g/mol. The molecule has 0 saturated carbocycles. The Morgan fingerprint density at radius 3 is 2.86 bits per heavy atom. The number of carbonyl (C=O) groups excluding carboxylic acids is 1. The smallest absolute Gasteiger partial charge is 0.236 e. The molecular weight excluding hydrogens is 306 g/mol. The minimum Gasteiger partial charge on any atom is -0.340 e. The predicted molar refractivity (Wildman–Crippen MR) is 88.6 cm³/mol. The lowest BCUT2D eigenvalue weighted by Gasteiger charge is -2.42. The SMILES string of the molecule is CN(Cc1ccc(Cl)s1)C(=O)CN1CCC(N)C(C)(C)C1. The van der Waals surface area contributed by atoms with E-state index in [1.54, 1.807) is 4.90 Å². The van der Waals surface area contributed by atoms with Crippen molar-refractivity contribution in [1.29, 1.82) is 0 Å². The van der Waals surface area contributed by atoms with E-state index in [0.717, 1.165) is 28.7 Å². The molecule has 118 valence electrons. The second-order valence-corrected chi connectivity index (χ2v) is 8.35. The van der Waals surface area contributed by atoms with Gasteiger partial charge in [-0.2, -0.15) is 0 Å². The summed E-state index contributed by atoms with van der Waals surface area (Å²) in [5.41, 5.74) is 6.20. The molecule has 0 aromatic carbocycles. The van der Waals surface area contributed by atoms with Crippen molar-refractivity contribution < 1.29 is 4.79 Å². The van der Waals surface area contributed by atoms with Gasteiger partial charge in [0.2, 0.25) is 5.91 Å². The molecule has 0 aliphatic carbocycles. The zero-order valence-corrected chi connectivity index (χ0v) is 14.5. The Balaban J connectivity index is 1.86. The fourth-order valence-electron chi connectivity index (χ4n) is 2.69. The molecule has 21 heavy (non-hydrogen) atoms. The maximum Gasteiger partial charge on any atom is 0.236 e. The molecule has 6 heteroatoms. The Morgan fingerprint density at radius 2 is 2.29 bits per heavy atom. The van der Waals surface area contributed by atoms with Gasteiger partial charge in [-0.3, -0.25) is 9.69 Å². The summed E-state index contributed by atoms with van der Waals surface area (Å²) < 4.78 is 0.762. The topological polar surface area (TPSA) is 49.6 Å². The lowest BCUT2D eigenvalue weighted by atomic mass is 9.80. The van der Waals surface area contributed by atoms with Crippen LogP contribution >= 0.6 is 22.9 Å². The summed E-state index contributed by atoms with van der Waals surface area (Å²) in [5, 5.41) is 0. The highest BCUT2D eigenvalue weighted by Gasteiger charge is 2.34. The largest absolute Gasteiger partial charge is 0.340 e. The van der Waals surface area contributed by atoms with E-state index in [1.165, 1.54) is 11.3 Å². The summed E-state index contributed by atoms with van der Waals surface area (Å²) >= 11 is 7.44. The van der Waals surface area contributed by atoms with E-state index in [0.29, 0.717) is 13.1 Å². The number of thiophene rings is 1. The molecule has 4 nitrogen and oxygen atoms in total. The van der Waals surface area contributed by atoms with Crippen molar-refractivity contribution in [2.75, 3.05) is 26.7 Å². The van der Waals surface area contributed by atoms with Crippen molar-refractivity contribution in [2.24, 2.45) is 11.1 Å². The second kappa shape index (κ2) is 6.65. The zero-order valence-electron chi connectivity index (χ0n) is 12.9. The van der Waals surface area contributed by atoms with E-state index in [1.807, 2.05) is 19.2 Å². The maximum absolute atomic E-state index is 12.3. The van der Waals surface area contributed by atoms with Gasteiger partial charge >= 0.3 is 0 Å². The van der Waals surface area contributed by atoms with Crippen LogP contribution in [-0.2, 0) is 11.3 Å². The number of piperidine rings is 1. The van der Waals surface area contributed by atoms with E-state index < -0.39 is 0 Å². The highest BCUT2D eigenvalue weighted by molar-refractivity contribution is 7.16. The number of nitrogens with zero attached hydrogens (tertiary/aromatic N) is 2. The number of hydrogen-bond acceptors (Lipinski definition) is 4. The van der Waals surface area contributed by atoms with E-state index in [2.05, 4.69) is 18.7 Å². The van der Waals surface area contributed by atoms with E-state index in [4.69, 9.17) is 17.3 Å². The molecule has 1 atom stereocenters. The van der Waals surface area contributed by atoms with Crippen molar-refractivity contribution in [3.05, 3.63) is 21.3 Å². The number of nitrogens with two attached hydrogens (primary N) is 1. The highest BCUT2D eigenvalue weighted by Crippen LogP contribution is 2.27. The normalized spacial score (nSPS) is 22.2. The van der Waals surface area contributed by atoms with E-state index in [-0.39, 0.29) is 17.4 Å². The maximum atomic E-state index is 12.3. The van der Waals surface area contributed by atoms with Crippen LogP contribution in [0.4, 0.5) is 0 Å². The Kier molecular flexibility index (Phi) is 5.30. The molecule has 2 heterocycles.